The number of esters is 1. The number of anilines is 1. The Morgan fingerprint density at radius 1 is 1.38 bits per heavy atom. The van der Waals surface area contributed by atoms with Gasteiger partial charge in [0, 0.05) is 12.1 Å². The average Bonchev–Trinajstić information content (AvgIpc) is 2.12. The van der Waals surface area contributed by atoms with E-state index in [4.69, 9.17) is 10.5 Å². The van der Waals surface area contributed by atoms with Crippen LogP contribution in [0.1, 0.15) is 32.8 Å². The minimum atomic E-state index is -0.410. The molecule has 0 aliphatic heterocycles. The molecule has 0 fully saturated rings. The van der Waals surface area contributed by atoms with Gasteiger partial charge in [-0.25, -0.2) is 0 Å². The van der Waals surface area contributed by atoms with E-state index in [-0.39, 0.29) is 5.97 Å². The number of carbonyl (C=O) groups is 1. The summed E-state index contributed by atoms with van der Waals surface area (Å²) in [5.41, 5.74) is 7.03. The van der Waals surface area contributed by atoms with Crippen LogP contribution in [0.2, 0.25) is 0 Å². The van der Waals surface area contributed by atoms with Crippen LogP contribution in [0.3, 0.4) is 0 Å². The third-order valence-electron chi connectivity index (χ3n) is 1.99. The van der Waals surface area contributed by atoms with Gasteiger partial charge in [0.2, 0.25) is 0 Å². The summed E-state index contributed by atoms with van der Waals surface area (Å²) in [4.78, 5) is 11.5. The van der Waals surface area contributed by atoms with Crippen molar-refractivity contribution >= 4 is 11.7 Å². The molecule has 1 aromatic rings. The highest BCUT2D eigenvalue weighted by Gasteiger charge is 2.15. The molecule has 16 heavy (non-hydrogen) atoms. The lowest BCUT2D eigenvalue weighted by atomic mass is 10.1. The molecule has 2 N–H and O–H groups in total. The normalized spacial score (nSPS) is 11.2. The molecule has 3 heteroatoms. The maximum atomic E-state index is 11.5. The predicted molar refractivity (Wildman–Crippen MR) is 65.0 cm³/mol. The molecule has 3 nitrogen and oxygen atoms in total. The number of ether oxygens (including phenoxy) is 1. The van der Waals surface area contributed by atoms with Gasteiger partial charge in [0.25, 0.3) is 0 Å². The molecule has 0 spiro atoms. The highest BCUT2D eigenvalue weighted by atomic mass is 16.6. The van der Waals surface area contributed by atoms with E-state index >= 15 is 0 Å². The first-order valence-corrected chi connectivity index (χ1v) is 5.43. The largest absolute Gasteiger partial charge is 0.460 e. The van der Waals surface area contributed by atoms with Gasteiger partial charge in [0.15, 0.2) is 0 Å². The average molecular weight is 221 g/mol. The molecular formula is C13H19NO2. The summed E-state index contributed by atoms with van der Waals surface area (Å²) in [7, 11) is 0. The predicted octanol–water partition coefficient (Wildman–Crippen LogP) is 2.54. The van der Waals surface area contributed by atoms with Gasteiger partial charge in [-0.3, -0.25) is 4.79 Å². The second kappa shape index (κ2) is 5.01. The second-order valence-corrected chi connectivity index (χ2v) is 4.83. The van der Waals surface area contributed by atoms with Gasteiger partial charge in [0.1, 0.15) is 5.60 Å². The minimum absolute atomic E-state index is 0.171. The number of aryl methyl sites for hydroxylation is 1. The molecule has 0 bridgehead atoms. The summed E-state index contributed by atoms with van der Waals surface area (Å²) in [6.45, 7) is 5.60. The minimum Gasteiger partial charge on any atom is -0.460 e. The van der Waals surface area contributed by atoms with E-state index in [1.165, 1.54) is 0 Å². The summed E-state index contributed by atoms with van der Waals surface area (Å²) in [6.07, 6.45) is 1.06. The van der Waals surface area contributed by atoms with Crippen LogP contribution in [-0.2, 0) is 16.0 Å². The van der Waals surface area contributed by atoms with E-state index in [1.54, 1.807) is 0 Å². The van der Waals surface area contributed by atoms with Crippen molar-refractivity contribution in [3.63, 3.8) is 0 Å². The SMILES string of the molecule is CC(C)(C)OC(=O)CCc1cccc(N)c1. The Balaban J connectivity index is 2.43. The number of nitrogen functional groups attached to an aromatic ring is 1. The van der Waals surface area contributed by atoms with Crippen LogP contribution in [0.4, 0.5) is 5.69 Å². The number of nitrogens with two attached hydrogens (primary N) is 1. The summed E-state index contributed by atoms with van der Waals surface area (Å²) >= 11 is 0. The van der Waals surface area contributed by atoms with Gasteiger partial charge >= 0.3 is 5.97 Å². The highest BCUT2D eigenvalue weighted by molar-refractivity contribution is 5.70. The fraction of sp³-hybridized carbons (Fsp3) is 0.462. The molecular weight excluding hydrogens is 202 g/mol. The first kappa shape index (κ1) is 12.6. The lowest BCUT2D eigenvalue weighted by Crippen LogP contribution is -2.24. The topological polar surface area (TPSA) is 52.3 Å². The van der Waals surface area contributed by atoms with E-state index in [9.17, 15) is 4.79 Å². The summed E-state index contributed by atoms with van der Waals surface area (Å²) < 4.78 is 5.22. The highest BCUT2D eigenvalue weighted by Crippen LogP contribution is 2.12. The molecule has 0 aliphatic rings. The van der Waals surface area contributed by atoms with Gasteiger partial charge < -0.3 is 10.5 Å². The van der Waals surface area contributed by atoms with E-state index in [0.29, 0.717) is 12.8 Å². The van der Waals surface area contributed by atoms with Gasteiger partial charge in [-0.15, -0.1) is 0 Å². The fourth-order valence-electron chi connectivity index (χ4n) is 1.39. The maximum absolute atomic E-state index is 11.5. The Hall–Kier alpha value is -1.51. The Bertz CT molecular complexity index is 366. The first-order valence-electron chi connectivity index (χ1n) is 5.43. The van der Waals surface area contributed by atoms with Crippen molar-refractivity contribution in [3.8, 4) is 0 Å². The van der Waals surface area contributed by atoms with Crippen LogP contribution in [-0.4, -0.2) is 11.6 Å². The van der Waals surface area contributed by atoms with Crippen molar-refractivity contribution < 1.29 is 9.53 Å². The second-order valence-electron chi connectivity index (χ2n) is 4.83. The van der Waals surface area contributed by atoms with Crippen molar-refractivity contribution in [3.05, 3.63) is 29.8 Å². The fourth-order valence-corrected chi connectivity index (χ4v) is 1.39. The Morgan fingerprint density at radius 3 is 2.62 bits per heavy atom. The standard InChI is InChI=1S/C13H19NO2/c1-13(2,3)16-12(15)8-7-10-5-4-6-11(14)9-10/h4-6,9H,7-8,14H2,1-3H3. The van der Waals surface area contributed by atoms with Crippen LogP contribution in [0, 0.1) is 0 Å². The van der Waals surface area contributed by atoms with Crippen LogP contribution in [0.25, 0.3) is 0 Å². The number of hydrogen-bond donors (Lipinski definition) is 1. The Labute approximate surface area is 96.6 Å². The molecule has 0 amide bonds. The van der Waals surface area contributed by atoms with Gasteiger partial charge in [-0.05, 0) is 44.9 Å². The van der Waals surface area contributed by atoms with Crippen LogP contribution < -0.4 is 5.73 Å². The zero-order valence-corrected chi connectivity index (χ0v) is 10.1. The van der Waals surface area contributed by atoms with Gasteiger partial charge in [0.05, 0.1) is 0 Å². The van der Waals surface area contributed by atoms with E-state index in [2.05, 4.69) is 0 Å². The zero-order chi connectivity index (χ0) is 12.2. The molecule has 0 atom stereocenters. The maximum Gasteiger partial charge on any atom is 0.306 e. The van der Waals surface area contributed by atoms with Crippen molar-refractivity contribution in [2.75, 3.05) is 5.73 Å². The summed E-state index contributed by atoms with van der Waals surface area (Å²) in [5.74, 6) is -0.171. The molecule has 0 aliphatic carbocycles. The molecule has 1 rings (SSSR count). The van der Waals surface area contributed by atoms with Crippen LogP contribution in [0.15, 0.2) is 24.3 Å². The monoisotopic (exact) mass is 221 g/mol. The quantitative estimate of drug-likeness (QED) is 0.630. The molecule has 0 saturated heterocycles. The van der Waals surface area contributed by atoms with Crippen LogP contribution >= 0.6 is 0 Å². The molecule has 88 valence electrons. The molecule has 1 aromatic carbocycles. The molecule has 0 saturated carbocycles. The third kappa shape index (κ3) is 4.82. The number of benzene rings is 1. The summed E-state index contributed by atoms with van der Waals surface area (Å²) in [6, 6.07) is 7.56. The molecule has 0 aromatic heterocycles. The van der Waals surface area contributed by atoms with Gasteiger partial charge in [-0.2, -0.15) is 0 Å². The summed E-state index contributed by atoms with van der Waals surface area (Å²) in [5, 5.41) is 0. The first-order chi connectivity index (χ1) is 7.37. The van der Waals surface area contributed by atoms with Crippen molar-refractivity contribution in [2.24, 2.45) is 0 Å². The number of rotatable bonds is 3. The third-order valence-corrected chi connectivity index (χ3v) is 1.99. The van der Waals surface area contributed by atoms with E-state index in [0.717, 1.165) is 11.3 Å². The van der Waals surface area contributed by atoms with Crippen LogP contribution in [0.5, 0.6) is 0 Å². The van der Waals surface area contributed by atoms with Crippen molar-refractivity contribution in [1.82, 2.24) is 0 Å². The Kier molecular flexibility index (Phi) is 3.93. The van der Waals surface area contributed by atoms with Gasteiger partial charge in [-0.1, -0.05) is 12.1 Å². The smallest absolute Gasteiger partial charge is 0.306 e. The Morgan fingerprint density at radius 2 is 2.06 bits per heavy atom. The lowest BCUT2D eigenvalue weighted by Gasteiger charge is -2.19. The van der Waals surface area contributed by atoms with Crippen molar-refractivity contribution in [1.29, 1.82) is 0 Å². The number of carbonyl (C=O) groups excluding carboxylic acids is 1. The zero-order valence-electron chi connectivity index (χ0n) is 10.1. The van der Waals surface area contributed by atoms with E-state index < -0.39 is 5.60 Å². The van der Waals surface area contributed by atoms with Crippen molar-refractivity contribution in [2.45, 2.75) is 39.2 Å². The van der Waals surface area contributed by atoms with E-state index in [1.807, 2.05) is 45.0 Å². The lowest BCUT2D eigenvalue weighted by molar-refractivity contribution is -0.154. The number of hydrogen-bond acceptors (Lipinski definition) is 3. The molecule has 0 heterocycles. The molecule has 0 radical (unpaired) electrons. The molecule has 0 unspecified atom stereocenters.